The highest BCUT2D eigenvalue weighted by Crippen LogP contribution is 2.31. The number of rotatable bonds is 8. The quantitative estimate of drug-likeness (QED) is 0.541. The lowest BCUT2D eigenvalue weighted by molar-refractivity contribution is -0.140. The van der Waals surface area contributed by atoms with Crippen LogP contribution in [-0.4, -0.2) is 19.7 Å². The van der Waals surface area contributed by atoms with Gasteiger partial charge in [-0.2, -0.15) is 5.26 Å². The van der Waals surface area contributed by atoms with Crippen molar-refractivity contribution in [2.75, 3.05) is 13.7 Å². The van der Waals surface area contributed by atoms with Gasteiger partial charge in [-0.05, 0) is 36.1 Å². The van der Waals surface area contributed by atoms with Crippen molar-refractivity contribution in [3.05, 3.63) is 54.1 Å². The van der Waals surface area contributed by atoms with E-state index in [4.69, 9.17) is 10.00 Å². The Bertz CT molecular complexity index is 705. The van der Waals surface area contributed by atoms with Crippen molar-refractivity contribution in [1.82, 2.24) is 0 Å². The van der Waals surface area contributed by atoms with Gasteiger partial charge < -0.3 is 9.47 Å². The van der Waals surface area contributed by atoms with E-state index in [1.54, 1.807) is 0 Å². The molecule has 0 aliphatic rings. The second-order valence-corrected chi connectivity index (χ2v) is 5.38. The van der Waals surface area contributed by atoms with Gasteiger partial charge in [-0.1, -0.05) is 36.4 Å². The van der Waals surface area contributed by atoms with Gasteiger partial charge in [0.2, 0.25) is 0 Å². The zero-order valence-corrected chi connectivity index (χ0v) is 13.8. The molecular weight excluding hydrogens is 302 g/mol. The van der Waals surface area contributed by atoms with E-state index >= 15 is 0 Å². The first-order valence-electron chi connectivity index (χ1n) is 7.99. The van der Waals surface area contributed by atoms with Crippen molar-refractivity contribution in [3.8, 4) is 22.9 Å². The molecule has 0 unspecified atom stereocenters. The van der Waals surface area contributed by atoms with Crippen LogP contribution in [-0.2, 0) is 16.0 Å². The maximum absolute atomic E-state index is 11.2. The lowest BCUT2D eigenvalue weighted by Crippen LogP contribution is -2.01. The molecule has 2 rings (SSSR count). The van der Waals surface area contributed by atoms with Gasteiger partial charge >= 0.3 is 5.97 Å². The van der Waals surface area contributed by atoms with Crippen molar-refractivity contribution in [2.45, 2.75) is 25.7 Å². The molecule has 0 bridgehead atoms. The number of nitrogens with zero attached hydrogens (tertiary/aromatic N) is 1. The molecule has 24 heavy (non-hydrogen) atoms. The fraction of sp³-hybridized carbons (Fsp3) is 0.300. The van der Waals surface area contributed by atoms with Crippen molar-refractivity contribution >= 4 is 5.97 Å². The summed E-state index contributed by atoms with van der Waals surface area (Å²) < 4.78 is 10.4. The minimum absolute atomic E-state index is 0.185. The molecular formula is C20H21NO3. The highest BCUT2D eigenvalue weighted by atomic mass is 16.5. The molecule has 0 saturated carbocycles. The highest BCUT2D eigenvalue weighted by Gasteiger charge is 2.09. The lowest BCUT2D eigenvalue weighted by Gasteiger charge is -2.13. The predicted molar refractivity (Wildman–Crippen MR) is 92.6 cm³/mol. The van der Waals surface area contributed by atoms with Crippen LogP contribution in [0.2, 0.25) is 0 Å². The van der Waals surface area contributed by atoms with Crippen molar-refractivity contribution in [3.63, 3.8) is 0 Å². The maximum Gasteiger partial charge on any atom is 0.305 e. The van der Waals surface area contributed by atoms with Gasteiger partial charge in [0, 0.05) is 12.0 Å². The normalized spacial score (nSPS) is 10.0. The standard InChI is InChI=1S/C20H21NO3/c1-23-20(22)10-5-7-16-11-12-19(24-14-6-13-21)18(15-16)17-8-3-2-4-9-17/h2-4,8-9,11-12,15H,5-7,10,14H2,1H3. The molecule has 4 nitrogen and oxygen atoms in total. The number of esters is 1. The van der Waals surface area contributed by atoms with Crippen LogP contribution in [0.15, 0.2) is 48.5 Å². The molecule has 0 saturated heterocycles. The first-order chi connectivity index (χ1) is 11.7. The van der Waals surface area contributed by atoms with E-state index in [0.29, 0.717) is 19.4 Å². The molecule has 0 aromatic heterocycles. The van der Waals surface area contributed by atoms with Crippen LogP contribution in [0.4, 0.5) is 0 Å². The van der Waals surface area contributed by atoms with Crippen LogP contribution in [0.1, 0.15) is 24.8 Å². The molecule has 0 fully saturated rings. The third-order valence-corrected chi connectivity index (χ3v) is 3.67. The van der Waals surface area contributed by atoms with Crippen molar-refractivity contribution in [2.24, 2.45) is 0 Å². The Morgan fingerprint density at radius 2 is 1.96 bits per heavy atom. The molecule has 0 atom stereocenters. The topological polar surface area (TPSA) is 59.3 Å². The second kappa shape index (κ2) is 9.36. The van der Waals surface area contributed by atoms with Gasteiger partial charge in [0.1, 0.15) is 12.4 Å². The fourth-order valence-corrected chi connectivity index (χ4v) is 2.45. The number of aryl methyl sites for hydroxylation is 1. The van der Waals surface area contributed by atoms with E-state index in [-0.39, 0.29) is 5.97 Å². The largest absolute Gasteiger partial charge is 0.492 e. The fourth-order valence-electron chi connectivity index (χ4n) is 2.45. The Morgan fingerprint density at radius 1 is 1.17 bits per heavy atom. The molecule has 2 aromatic rings. The first kappa shape index (κ1) is 17.6. The monoisotopic (exact) mass is 323 g/mol. The third kappa shape index (κ3) is 5.13. The summed E-state index contributed by atoms with van der Waals surface area (Å²) in [6, 6.07) is 18.1. The second-order valence-electron chi connectivity index (χ2n) is 5.38. The zero-order chi connectivity index (χ0) is 17.2. The Hall–Kier alpha value is -2.80. The van der Waals surface area contributed by atoms with Gasteiger partial charge in [0.05, 0.1) is 19.6 Å². The number of hydrogen-bond donors (Lipinski definition) is 0. The van der Waals surface area contributed by atoms with Gasteiger partial charge in [0.25, 0.3) is 0 Å². The van der Waals surface area contributed by atoms with Crippen LogP contribution in [0.3, 0.4) is 0 Å². The number of nitriles is 1. The van der Waals surface area contributed by atoms with Crippen LogP contribution >= 0.6 is 0 Å². The number of ether oxygens (including phenoxy) is 2. The Balaban J connectivity index is 2.17. The zero-order valence-electron chi connectivity index (χ0n) is 13.8. The summed E-state index contributed by atoms with van der Waals surface area (Å²) in [6.45, 7) is 0.373. The third-order valence-electron chi connectivity index (χ3n) is 3.67. The van der Waals surface area contributed by atoms with Gasteiger partial charge in [0.15, 0.2) is 0 Å². The summed E-state index contributed by atoms with van der Waals surface area (Å²) in [5.74, 6) is 0.586. The SMILES string of the molecule is COC(=O)CCCc1ccc(OCCC#N)c(-c2ccccc2)c1. The molecule has 0 aliphatic heterocycles. The molecule has 0 amide bonds. The van der Waals surface area contributed by atoms with Crippen LogP contribution in [0.5, 0.6) is 5.75 Å². The Labute approximate surface area is 142 Å². The predicted octanol–water partition coefficient (Wildman–Crippen LogP) is 4.14. The molecule has 2 aromatic carbocycles. The van der Waals surface area contributed by atoms with Crippen LogP contribution in [0, 0.1) is 11.3 Å². The summed E-state index contributed by atoms with van der Waals surface area (Å²) in [5, 5.41) is 8.67. The van der Waals surface area contributed by atoms with Crippen LogP contribution in [0.25, 0.3) is 11.1 Å². The van der Waals surface area contributed by atoms with E-state index in [0.717, 1.165) is 35.3 Å². The molecule has 4 heteroatoms. The van der Waals surface area contributed by atoms with E-state index < -0.39 is 0 Å². The summed E-state index contributed by atoms with van der Waals surface area (Å²) in [7, 11) is 1.41. The van der Waals surface area contributed by atoms with Crippen molar-refractivity contribution < 1.29 is 14.3 Å². The molecule has 0 N–H and O–H groups in total. The molecule has 0 radical (unpaired) electrons. The molecule has 0 heterocycles. The van der Waals surface area contributed by atoms with E-state index in [1.165, 1.54) is 7.11 Å². The van der Waals surface area contributed by atoms with Gasteiger partial charge in [-0.15, -0.1) is 0 Å². The lowest BCUT2D eigenvalue weighted by atomic mass is 9.99. The van der Waals surface area contributed by atoms with Crippen molar-refractivity contribution in [1.29, 1.82) is 5.26 Å². The average molecular weight is 323 g/mol. The maximum atomic E-state index is 11.2. The van der Waals surface area contributed by atoms with Crippen LogP contribution < -0.4 is 4.74 Å². The number of carbonyl (C=O) groups is 1. The summed E-state index contributed by atoms with van der Waals surface area (Å²) in [6.07, 6.45) is 2.32. The number of hydrogen-bond acceptors (Lipinski definition) is 4. The average Bonchev–Trinajstić information content (AvgIpc) is 2.63. The minimum atomic E-state index is -0.185. The summed E-state index contributed by atoms with van der Waals surface area (Å²) in [5.41, 5.74) is 3.22. The minimum Gasteiger partial charge on any atom is -0.492 e. The van der Waals surface area contributed by atoms with E-state index in [2.05, 4.69) is 16.9 Å². The van der Waals surface area contributed by atoms with E-state index in [1.807, 2.05) is 42.5 Å². The number of methoxy groups -OCH3 is 1. The molecule has 0 aliphatic carbocycles. The number of benzene rings is 2. The molecule has 0 spiro atoms. The first-order valence-corrected chi connectivity index (χ1v) is 7.99. The Morgan fingerprint density at radius 3 is 2.67 bits per heavy atom. The summed E-state index contributed by atoms with van der Waals surface area (Å²) in [4.78, 5) is 11.2. The highest BCUT2D eigenvalue weighted by molar-refractivity contribution is 5.71. The Kier molecular flexibility index (Phi) is 6.85. The number of carbonyl (C=O) groups excluding carboxylic acids is 1. The van der Waals surface area contributed by atoms with Gasteiger partial charge in [-0.3, -0.25) is 4.79 Å². The molecule has 124 valence electrons. The van der Waals surface area contributed by atoms with E-state index in [9.17, 15) is 4.79 Å². The smallest absolute Gasteiger partial charge is 0.305 e. The summed E-state index contributed by atoms with van der Waals surface area (Å²) >= 11 is 0. The van der Waals surface area contributed by atoms with Gasteiger partial charge in [-0.25, -0.2) is 0 Å².